The van der Waals surface area contributed by atoms with Gasteiger partial charge in [0.1, 0.15) is 0 Å². The third-order valence-corrected chi connectivity index (χ3v) is 4.55. The van der Waals surface area contributed by atoms with Crippen LogP contribution in [0.25, 0.3) is 5.70 Å². The van der Waals surface area contributed by atoms with Gasteiger partial charge in [-0.15, -0.1) is 11.8 Å². The number of ether oxygens (including phenoxy) is 1. The molecule has 0 atom stereocenters. The number of nitrogens with one attached hydrogen (secondary N) is 1. The molecule has 1 N–H and O–H groups in total. The van der Waals surface area contributed by atoms with Gasteiger partial charge in [0.25, 0.3) is 0 Å². The Balaban J connectivity index is 1.81. The molecule has 1 heterocycles. The molecule has 3 rings (SSSR count). The molecular weight excluding hydrogens is 320 g/mol. The standard InChI is InChI=1S/C19H20N2O2S/c1-2-23-19(22)20-17-11-7-6-10-16(17)18-13-24-14-21(18)12-15-8-4-3-5-9-15/h3-11,13H,2,12,14H2,1H3,(H,20,22). The van der Waals surface area contributed by atoms with E-state index in [-0.39, 0.29) is 0 Å². The Hall–Kier alpha value is -2.40. The molecular formula is C19H20N2O2S. The largest absolute Gasteiger partial charge is 0.450 e. The second-order valence-electron chi connectivity index (χ2n) is 5.37. The predicted octanol–water partition coefficient (Wildman–Crippen LogP) is 4.76. The Bertz CT molecular complexity index is 731. The summed E-state index contributed by atoms with van der Waals surface area (Å²) in [4.78, 5) is 14.1. The van der Waals surface area contributed by atoms with Crippen LogP contribution in [0.5, 0.6) is 0 Å². The van der Waals surface area contributed by atoms with E-state index in [1.165, 1.54) is 5.56 Å². The molecule has 124 valence electrons. The first-order chi connectivity index (χ1) is 11.8. The lowest BCUT2D eigenvalue weighted by atomic mass is 10.1. The molecule has 0 bridgehead atoms. The molecule has 5 heteroatoms. The molecule has 0 fully saturated rings. The maximum Gasteiger partial charge on any atom is 0.411 e. The minimum Gasteiger partial charge on any atom is -0.450 e. The third kappa shape index (κ3) is 3.92. The molecule has 0 aromatic heterocycles. The van der Waals surface area contributed by atoms with E-state index in [0.29, 0.717) is 6.61 Å². The summed E-state index contributed by atoms with van der Waals surface area (Å²) in [5.41, 5.74) is 4.16. The normalized spacial score (nSPS) is 13.5. The van der Waals surface area contributed by atoms with Gasteiger partial charge >= 0.3 is 6.09 Å². The maximum atomic E-state index is 11.8. The lowest BCUT2D eigenvalue weighted by molar-refractivity contribution is 0.168. The van der Waals surface area contributed by atoms with Crippen LogP contribution < -0.4 is 5.32 Å². The number of thioether (sulfide) groups is 1. The van der Waals surface area contributed by atoms with Crippen molar-refractivity contribution in [2.75, 3.05) is 17.8 Å². The van der Waals surface area contributed by atoms with Crippen LogP contribution in [-0.4, -0.2) is 23.5 Å². The molecule has 0 saturated carbocycles. The predicted molar refractivity (Wildman–Crippen MR) is 99.5 cm³/mol. The lowest BCUT2D eigenvalue weighted by Gasteiger charge is -2.23. The molecule has 0 radical (unpaired) electrons. The van der Waals surface area contributed by atoms with Gasteiger partial charge in [0.15, 0.2) is 0 Å². The highest BCUT2D eigenvalue weighted by Crippen LogP contribution is 2.35. The molecule has 0 unspecified atom stereocenters. The Kier molecular flexibility index (Phi) is 5.43. The Morgan fingerprint density at radius 3 is 2.71 bits per heavy atom. The van der Waals surface area contributed by atoms with Gasteiger partial charge in [0.2, 0.25) is 0 Å². The van der Waals surface area contributed by atoms with Crippen molar-refractivity contribution in [1.29, 1.82) is 0 Å². The fourth-order valence-corrected chi connectivity index (χ4v) is 3.53. The molecule has 1 amide bonds. The van der Waals surface area contributed by atoms with Gasteiger partial charge in [-0.25, -0.2) is 4.79 Å². The summed E-state index contributed by atoms with van der Waals surface area (Å²) in [6.45, 7) is 2.99. The summed E-state index contributed by atoms with van der Waals surface area (Å²) < 4.78 is 5.00. The van der Waals surface area contributed by atoms with Crippen molar-refractivity contribution in [1.82, 2.24) is 4.90 Å². The van der Waals surface area contributed by atoms with E-state index in [1.54, 1.807) is 18.7 Å². The highest BCUT2D eigenvalue weighted by atomic mass is 32.2. The smallest absolute Gasteiger partial charge is 0.411 e. The maximum absolute atomic E-state index is 11.8. The van der Waals surface area contributed by atoms with Crippen molar-refractivity contribution in [2.45, 2.75) is 13.5 Å². The number of anilines is 1. The molecule has 0 spiro atoms. The number of benzene rings is 2. The number of amides is 1. The minimum atomic E-state index is -0.425. The fourth-order valence-electron chi connectivity index (χ4n) is 2.61. The highest BCUT2D eigenvalue weighted by molar-refractivity contribution is 8.02. The van der Waals surface area contributed by atoms with E-state index < -0.39 is 6.09 Å². The number of nitrogens with zero attached hydrogens (tertiary/aromatic N) is 1. The topological polar surface area (TPSA) is 41.6 Å². The lowest BCUT2D eigenvalue weighted by Crippen LogP contribution is -2.20. The van der Waals surface area contributed by atoms with E-state index in [0.717, 1.165) is 29.4 Å². The number of carbonyl (C=O) groups excluding carboxylic acids is 1. The van der Waals surface area contributed by atoms with Gasteiger partial charge in [-0.2, -0.15) is 0 Å². The molecule has 2 aromatic rings. The number of para-hydroxylation sites is 1. The Labute approximate surface area is 146 Å². The Morgan fingerprint density at radius 2 is 1.92 bits per heavy atom. The third-order valence-electron chi connectivity index (χ3n) is 3.70. The van der Waals surface area contributed by atoms with Crippen LogP contribution in [0.2, 0.25) is 0 Å². The van der Waals surface area contributed by atoms with E-state index in [2.05, 4.69) is 39.9 Å². The molecule has 1 aliphatic rings. The van der Waals surface area contributed by atoms with Crippen molar-refractivity contribution in [3.8, 4) is 0 Å². The van der Waals surface area contributed by atoms with Crippen molar-refractivity contribution < 1.29 is 9.53 Å². The average molecular weight is 340 g/mol. The Morgan fingerprint density at radius 1 is 1.17 bits per heavy atom. The van der Waals surface area contributed by atoms with Crippen molar-refractivity contribution in [3.63, 3.8) is 0 Å². The van der Waals surface area contributed by atoms with Crippen LogP contribution in [0, 0.1) is 0 Å². The summed E-state index contributed by atoms with van der Waals surface area (Å²) in [6.07, 6.45) is -0.425. The summed E-state index contributed by atoms with van der Waals surface area (Å²) in [7, 11) is 0. The SMILES string of the molecule is CCOC(=O)Nc1ccccc1C1=CSCN1Cc1ccccc1. The van der Waals surface area contributed by atoms with Crippen molar-refractivity contribution in [3.05, 3.63) is 71.1 Å². The number of rotatable bonds is 5. The first-order valence-electron chi connectivity index (χ1n) is 7.91. The second kappa shape index (κ2) is 7.93. The van der Waals surface area contributed by atoms with Gasteiger partial charge in [0, 0.05) is 12.1 Å². The van der Waals surface area contributed by atoms with E-state index in [9.17, 15) is 4.79 Å². The van der Waals surface area contributed by atoms with Gasteiger partial charge in [-0.3, -0.25) is 5.32 Å². The van der Waals surface area contributed by atoms with Gasteiger partial charge < -0.3 is 9.64 Å². The first kappa shape index (κ1) is 16.5. The molecule has 24 heavy (non-hydrogen) atoms. The van der Waals surface area contributed by atoms with Crippen LogP contribution in [-0.2, 0) is 11.3 Å². The molecule has 0 aliphatic carbocycles. The van der Waals surface area contributed by atoms with Crippen LogP contribution in [0.15, 0.2) is 60.0 Å². The van der Waals surface area contributed by atoms with Crippen LogP contribution >= 0.6 is 11.8 Å². The van der Waals surface area contributed by atoms with Crippen LogP contribution in [0.1, 0.15) is 18.1 Å². The van der Waals surface area contributed by atoms with Gasteiger partial charge in [-0.05, 0) is 24.0 Å². The minimum absolute atomic E-state index is 0.354. The molecule has 4 nitrogen and oxygen atoms in total. The van der Waals surface area contributed by atoms with Crippen LogP contribution in [0.4, 0.5) is 10.5 Å². The van der Waals surface area contributed by atoms with Gasteiger partial charge in [0.05, 0.1) is 23.9 Å². The van der Waals surface area contributed by atoms with Crippen molar-refractivity contribution in [2.24, 2.45) is 0 Å². The zero-order chi connectivity index (χ0) is 16.8. The zero-order valence-corrected chi connectivity index (χ0v) is 14.4. The number of carbonyl (C=O) groups is 1. The molecule has 2 aromatic carbocycles. The fraction of sp³-hybridized carbons (Fsp3) is 0.211. The molecule has 0 saturated heterocycles. The summed E-state index contributed by atoms with van der Waals surface area (Å²) in [5, 5.41) is 4.98. The quantitative estimate of drug-likeness (QED) is 0.852. The summed E-state index contributed by atoms with van der Waals surface area (Å²) >= 11 is 1.76. The second-order valence-corrected chi connectivity index (χ2v) is 6.20. The van der Waals surface area contributed by atoms with Crippen molar-refractivity contribution >= 4 is 29.2 Å². The molecule has 1 aliphatic heterocycles. The summed E-state index contributed by atoms with van der Waals surface area (Å²) in [5.74, 6) is 0.901. The van der Waals surface area contributed by atoms with Crippen LogP contribution in [0.3, 0.4) is 0 Å². The van der Waals surface area contributed by atoms with E-state index in [4.69, 9.17) is 4.74 Å². The monoisotopic (exact) mass is 340 g/mol. The highest BCUT2D eigenvalue weighted by Gasteiger charge is 2.20. The van der Waals surface area contributed by atoms with Gasteiger partial charge in [-0.1, -0.05) is 48.5 Å². The average Bonchev–Trinajstić information content (AvgIpc) is 3.04. The summed E-state index contributed by atoms with van der Waals surface area (Å²) in [6, 6.07) is 18.2. The zero-order valence-electron chi connectivity index (χ0n) is 13.6. The van der Waals surface area contributed by atoms with E-state index in [1.807, 2.05) is 30.3 Å². The van der Waals surface area contributed by atoms with E-state index >= 15 is 0 Å². The number of hydrogen-bond acceptors (Lipinski definition) is 4. The number of hydrogen-bond donors (Lipinski definition) is 1. The first-order valence-corrected chi connectivity index (χ1v) is 8.96.